The van der Waals surface area contributed by atoms with Crippen LogP contribution in [-0.2, 0) is 19.6 Å². The lowest BCUT2D eigenvalue weighted by Crippen LogP contribution is -2.47. The number of carbonyl (C=O) groups excluding carboxylic acids is 1. The highest BCUT2D eigenvalue weighted by molar-refractivity contribution is 7.89. The average molecular weight is 384 g/mol. The minimum Gasteiger partial charge on any atom is -0.495 e. The van der Waals surface area contributed by atoms with Crippen molar-refractivity contribution < 1.29 is 22.7 Å². The zero-order valence-corrected chi connectivity index (χ0v) is 16.6. The molecule has 0 spiro atoms. The molecule has 0 unspecified atom stereocenters. The first-order chi connectivity index (χ1) is 12.3. The predicted octanol–water partition coefficient (Wildman–Crippen LogP) is 1.56. The van der Waals surface area contributed by atoms with Crippen LogP contribution in [0.5, 0.6) is 5.75 Å². The summed E-state index contributed by atoms with van der Waals surface area (Å²) >= 11 is 0. The molecule has 1 N–H and O–H groups in total. The van der Waals surface area contributed by atoms with Crippen LogP contribution in [0.2, 0.25) is 0 Å². The lowest BCUT2D eigenvalue weighted by atomic mass is 9.98. The molecule has 0 aliphatic carbocycles. The van der Waals surface area contributed by atoms with Crippen LogP contribution in [0.25, 0.3) is 0 Å². The van der Waals surface area contributed by atoms with Crippen molar-refractivity contribution in [3.63, 3.8) is 0 Å². The second-order valence-corrected chi connectivity index (χ2v) is 8.63. The Labute approximate surface area is 155 Å². The summed E-state index contributed by atoms with van der Waals surface area (Å²) in [4.78, 5) is 12.6. The van der Waals surface area contributed by atoms with Crippen molar-refractivity contribution in [3.05, 3.63) is 23.8 Å². The van der Waals surface area contributed by atoms with Crippen LogP contribution in [0, 0.1) is 12.8 Å². The Morgan fingerprint density at radius 3 is 2.77 bits per heavy atom. The molecule has 1 aliphatic heterocycles. The predicted molar refractivity (Wildman–Crippen MR) is 98.7 cm³/mol. The fourth-order valence-electron chi connectivity index (χ4n) is 3.15. The summed E-state index contributed by atoms with van der Waals surface area (Å²) in [6.45, 7) is 4.68. The number of nitrogens with one attached hydrogen (secondary N) is 1. The molecule has 1 heterocycles. The Kier molecular flexibility index (Phi) is 7.02. The molecule has 1 aromatic carbocycles. The van der Waals surface area contributed by atoms with Crippen molar-refractivity contribution in [2.24, 2.45) is 5.92 Å². The van der Waals surface area contributed by atoms with Gasteiger partial charge in [-0.2, -0.15) is 4.31 Å². The summed E-state index contributed by atoms with van der Waals surface area (Å²) in [6.07, 6.45) is 1.31. The highest BCUT2D eigenvalue weighted by atomic mass is 32.2. The maximum atomic E-state index is 13.1. The third kappa shape index (κ3) is 4.75. The summed E-state index contributed by atoms with van der Waals surface area (Å²) in [5.41, 5.74) is 0.837. The van der Waals surface area contributed by atoms with Gasteiger partial charge < -0.3 is 14.8 Å². The summed E-state index contributed by atoms with van der Waals surface area (Å²) in [5, 5.41) is 2.88. The van der Waals surface area contributed by atoms with Crippen LogP contribution in [0.15, 0.2) is 23.1 Å². The third-order valence-corrected chi connectivity index (χ3v) is 6.38. The van der Waals surface area contributed by atoms with Crippen LogP contribution >= 0.6 is 0 Å². The van der Waals surface area contributed by atoms with E-state index in [1.807, 2.05) is 19.9 Å². The molecule has 0 radical (unpaired) electrons. The first-order valence-corrected chi connectivity index (χ1v) is 10.2. The molecule has 0 bridgehead atoms. The molecule has 1 fully saturated rings. The summed E-state index contributed by atoms with van der Waals surface area (Å²) in [6, 6.07) is 4.96. The van der Waals surface area contributed by atoms with Crippen molar-refractivity contribution >= 4 is 15.9 Å². The third-order valence-electron chi connectivity index (χ3n) is 4.50. The maximum absolute atomic E-state index is 13.1. The van der Waals surface area contributed by atoms with E-state index in [9.17, 15) is 13.2 Å². The SMILES string of the molecule is COC[C@@H](C)NC(=O)[C@@H]1CCCN(S(=O)(=O)c2cc(C)ccc2OC)C1. The average Bonchev–Trinajstić information content (AvgIpc) is 2.62. The van der Waals surface area contributed by atoms with Crippen molar-refractivity contribution in [1.29, 1.82) is 0 Å². The van der Waals surface area contributed by atoms with Crippen LogP contribution in [0.3, 0.4) is 0 Å². The Hall–Kier alpha value is -1.64. The van der Waals surface area contributed by atoms with Crippen LogP contribution < -0.4 is 10.1 Å². The van der Waals surface area contributed by atoms with E-state index in [1.165, 1.54) is 11.4 Å². The Balaban J connectivity index is 2.18. The molecular weight excluding hydrogens is 356 g/mol. The van der Waals surface area contributed by atoms with Gasteiger partial charge in [-0.05, 0) is 44.4 Å². The van der Waals surface area contributed by atoms with Gasteiger partial charge in [0.15, 0.2) is 0 Å². The molecule has 7 nitrogen and oxygen atoms in total. The van der Waals surface area contributed by atoms with Crippen molar-refractivity contribution in [1.82, 2.24) is 9.62 Å². The van der Waals surface area contributed by atoms with Gasteiger partial charge in [-0.15, -0.1) is 0 Å². The molecule has 1 amide bonds. The van der Waals surface area contributed by atoms with Crippen molar-refractivity contribution in [2.45, 2.75) is 37.6 Å². The first kappa shape index (κ1) is 20.7. The molecule has 1 saturated heterocycles. The van der Waals surface area contributed by atoms with Gasteiger partial charge in [0.1, 0.15) is 10.6 Å². The van der Waals surface area contributed by atoms with Gasteiger partial charge in [-0.1, -0.05) is 6.07 Å². The second kappa shape index (κ2) is 8.83. The standard InChI is InChI=1S/C18H28N2O5S/c1-13-7-8-16(25-4)17(10-13)26(22,23)20-9-5-6-15(11-20)18(21)19-14(2)12-24-3/h7-8,10,14-15H,5-6,9,11-12H2,1-4H3,(H,19,21)/t14-,15-/m1/s1. The van der Waals surface area contributed by atoms with Crippen molar-refractivity contribution in [2.75, 3.05) is 33.9 Å². The molecule has 1 aromatic rings. The molecular formula is C18H28N2O5S. The van der Waals surface area contributed by atoms with Gasteiger partial charge in [-0.3, -0.25) is 4.79 Å². The smallest absolute Gasteiger partial charge is 0.246 e. The molecule has 26 heavy (non-hydrogen) atoms. The lowest BCUT2D eigenvalue weighted by Gasteiger charge is -2.32. The number of aryl methyl sites for hydroxylation is 1. The fraction of sp³-hybridized carbons (Fsp3) is 0.611. The second-order valence-electron chi connectivity index (χ2n) is 6.72. The number of amides is 1. The van der Waals surface area contributed by atoms with Crippen LogP contribution in [-0.4, -0.2) is 58.6 Å². The molecule has 1 aliphatic rings. The number of sulfonamides is 1. The number of methoxy groups -OCH3 is 2. The van der Waals surface area contributed by atoms with Gasteiger partial charge in [0, 0.05) is 26.2 Å². The minimum absolute atomic E-state index is 0.114. The number of hydrogen-bond acceptors (Lipinski definition) is 5. The topological polar surface area (TPSA) is 84.9 Å². The molecule has 0 saturated carbocycles. The minimum atomic E-state index is -3.73. The summed E-state index contributed by atoms with van der Waals surface area (Å²) in [7, 11) is -0.701. The molecule has 0 aromatic heterocycles. The maximum Gasteiger partial charge on any atom is 0.246 e. The number of nitrogens with zero attached hydrogens (tertiary/aromatic N) is 1. The quantitative estimate of drug-likeness (QED) is 0.771. The number of benzene rings is 1. The van der Waals surface area contributed by atoms with E-state index in [-0.39, 0.29) is 29.3 Å². The van der Waals surface area contributed by atoms with E-state index in [0.717, 1.165) is 5.56 Å². The highest BCUT2D eigenvalue weighted by Crippen LogP contribution is 2.30. The number of ether oxygens (including phenoxy) is 2. The molecule has 146 valence electrons. The Bertz CT molecular complexity index is 735. The lowest BCUT2D eigenvalue weighted by molar-refractivity contribution is -0.127. The number of piperidine rings is 1. The van der Waals surface area contributed by atoms with Gasteiger partial charge in [0.25, 0.3) is 0 Å². The van der Waals surface area contributed by atoms with Gasteiger partial charge in [0.2, 0.25) is 15.9 Å². The van der Waals surface area contributed by atoms with Crippen LogP contribution in [0.1, 0.15) is 25.3 Å². The van der Waals surface area contributed by atoms with E-state index < -0.39 is 10.0 Å². The van der Waals surface area contributed by atoms with Crippen LogP contribution in [0.4, 0.5) is 0 Å². The summed E-state index contributed by atoms with van der Waals surface area (Å²) in [5.74, 6) is -0.185. The van der Waals surface area contributed by atoms with E-state index in [0.29, 0.717) is 31.7 Å². The molecule has 2 rings (SSSR count). The van der Waals surface area contributed by atoms with E-state index >= 15 is 0 Å². The Morgan fingerprint density at radius 1 is 1.38 bits per heavy atom. The Morgan fingerprint density at radius 2 is 2.12 bits per heavy atom. The van der Waals surface area contributed by atoms with Crippen molar-refractivity contribution in [3.8, 4) is 5.75 Å². The first-order valence-electron chi connectivity index (χ1n) is 8.73. The monoisotopic (exact) mass is 384 g/mol. The van der Waals surface area contributed by atoms with Gasteiger partial charge in [0.05, 0.1) is 19.6 Å². The van der Waals surface area contributed by atoms with E-state index in [4.69, 9.17) is 9.47 Å². The number of hydrogen-bond donors (Lipinski definition) is 1. The van der Waals surface area contributed by atoms with E-state index in [2.05, 4.69) is 5.32 Å². The highest BCUT2D eigenvalue weighted by Gasteiger charge is 2.35. The molecule has 8 heteroatoms. The van der Waals surface area contributed by atoms with Gasteiger partial charge in [-0.25, -0.2) is 8.42 Å². The van der Waals surface area contributed by atoms with E-state index in [1.54, 1.807) is 19.2 Å². The number of rotatable bonds is 7. The van der Waals surface area contributed by atoms with Gasteiger partial charge >= 0.3 is 0 Å². The summed E-state index contributed by atoms with van der Waals surface area (Å²) < 4.78 is 37.9. The number of carbonyl (C=O) groups is 1. The zero-order chi connectivity index (χ0) is 19.3. The zero-order valence-electron chi connectivity index (χ0n) is 15.8. The molecule has 2 atom stereocenters. The fourth-order valence-corrected chi connectivity index (χ4v) is 4.92. The normalized spacial score (nSPS) is 19.8. The largest absolute Gasteiger partial charge is 0.495 e.